The summed E-state index contributed by atoms with van der Waals surface area (Å²) >= 11 is 2.02. The molecule has 1 saturated heterocycles. The van der Waals surface area contributed by atoms with E-state index in [1.165, 1.54) is 18.6 Å². The van der Waals surface area contributed by atoms with Gasteiger partial charge >= 0.3 is 0 Å². The van der Waals surface area contributed by atoms with Gasteiger partial charge in [-0.3, -0.25) is 9.79 Å². The molecule has 7 heteroatoms. The summed E-state index contributed by atoms with van der Waals surface area (Å²) in [5.41, 5.74) is 0.593. The normalized spacial score (nSPS) is 17.4. The Labute approximate surface area is 147 Å². The van der Waals surface area contributed by atoms with E-state index in [4.69, 9.17) is 4.74 Å². The Balaban J connectivity index is 1.66. The molecule has 1 aromatic carbocycles. The van der Waals surface area contributed by atoms with E-state index in [2.05, 4.69) is 20.9 Å². The molecule has 1 aromatic rings. The first-order valence-electron chi connectivity index (χ1n) is 8.21. The lowest BCUT2D eigenvalue weighted by Crippen LogP contribution is -2.43. The van der Waals surface area contributed by atoms with Crippen LogP contribution in [0.15, 0.2) is 29.3 Å². The molecule has 6 nitrogen and oxygen atoms in total. The van der Waals surface area contributed by atoms with Crippen molar-refractivity contribution in [3.05, 3.63) is 29.8 Å². The number of hydrogen-bond donors (Lipinski definition) is 3. The SMILES string of the molecule is CN=C(NCCNC(=O)c1cccc(OC)c1)NCC1CCCS1. The number of nitrogens with one attached hydrogen (secondary N) is 3. The zero-order valence-electron chi connectivity index (χ0n) is 14.3. The molecule has 1 fully saturated rings. The van der Waals surface area contributed by atoms with Crippen molar-refractivity contribution < 1.29 is 9.53 Å². The van der Waals surface area contributed by atoms with Crippen LogP contribution in [0, 0.1) is 0 Å². The summed E-state index contributed by atoms with van der Waals surface area (Å²) in [4.78, 5) is 16.3. The van der Waals surface area contributed by atoms with Crippen molar-refractivity contribution in [3.8, 4) is 5.75 Å². The minimum Gasteiger partial charge on any atom is -0.497 e. The molecular weight excluding hydrogens is 324 g/mol. The Bertz CT molecular complexity index is 559. The first-order chi connectivity index (χ1) is 11.7. The van der Waals surface area contributed by atoms with Gasteiger partial charge in [0.2, 0.25) is 0 Å². The molecule has 1 unspecified atom stereocenters. The van der Waals surface area contributed by atoms with Crippen molar-refractivity contribution in [2.45, 2.75) is 18.1 Å². The van der Waals surface area contributed by atoms with Gasteiger partial charge < -0.3 is 20.7 Å². The number of ether oxygens (including phenoxy) is 1. The Morgan fingerprint density at radius 2 is 2.17 bits per heavy atom. The van der Waals surface area contributed by atoms with Crippen LogP contribution in [0.2, 0.25) is 0 Å². The molecule has 1 heterocycles. The molecule has 2 rings (SSSR count). The first-order valence-corrected chi connectivity index (χ1v) is 9.26. The number of hydrogen-bond acceptors (Lipinski definition) is 4. The Kier molecular flexibility index (Phi) is 7.74. The smallest absolute Gasteiger partial charge is 0.251 e. The maximum Gasteiger partial charge on any atom is 0.251 e. The number of guanidine groups is 1. The predicted molar refractivity (Wildman–Crippen MR) is 100 cm³/mol. The molecule has 1 aliphatic heterocycles. The van der Waals surface area contributed by atoms with E-state index in [0.29, 0.717) is 29.7 Å². The number of nitrogens with zero attached hydrogens (tertiary/aromatic N) is 1. The Hall–Kier alpha value is -1.89. The van der Waals surface area contributed by atoms with E-state index in [1.807, 2.05) is 17.8 Å². The molecule has 1 aliphatic rings. The van der Waals surface area contributed by atoms with Crippen LogP contribution in [0.3, 0.4) is 0 Å². The molecule has 1 atom stereocenters. The maximum atomic E-state index is 12.1. The van der Waals surface area contributed by atoms with Crippen LogP contribution in [0.5, 0.6) is 5.75 Å². The van der Waals surface area contributed by atoms with Gasteiger partial charge in [0, 0.05) is 37.5 Å². The van der Waals surface area contributed by atoms with E-state index in [-0.39, 0.29) is 5.91 Å². The number of rotatable bonds is 7. The summed E-state index contributed by atoms with van der Waals surface area (Å²) in [5.74, 6) is 2.60. The second-order valence-electron chi connectivity index (χ2n) is 5.50. The standard InChI is InChI=1S/C17H26N4O2S/c1-18-17(21-12-15-7-4-10-24-15)20-9-8-19-16(22)13-5-3-6-14(11-13)23-2/h3,5-6,11,15H,4,7-10,12H2,1-2H3,(H,19,22)(H2,18,20,21). The van der Waals surface area contributed by atoms with Gasteiger partial charge in [-0.25, -0.2) is 0 Å². The summed E-state index contributed by atoms with van der Waals surface area (Å²) in [6, 6.07) is 7.11. The van der Waals surface area contributed by atoms with Crippen LogP contribution >= 0.6 is 11.8 Å². The molecule has 0 radical (unpaired) electrons. The summed E-state index contributed by atoms with van der Waals surface area (Å²) < 4.78 is 5.13. The molecule has 0 saturated carbocycles. The van der Waals surface area contributed by atoms with E-state index >= 15 is 0 Å². The highest BCUT2D eigenvalue weighted by molar-refractivity contribution is 8.00. The summed E-state index contributed by atoms with van der Waals surface area (Å²) in [6.45, 7) is 2.07. The third-order valence-corrected chi connectivity index (χ3v) is 5.18. The van der Waals surface area contributed by atoms with Crippen LogP contribution in [0.25, 0.3) is 0 Å². The molecule has 0 bridgehead atoms. The first kappa shape index (κ1) is 18.4. The van der Waals surface area contributed by atoms with Crippen LogP contribution in [-0.2, 0) is 0 Å². The summed E-state index contributed by atoms with van der Waals surface area (Å²) in [7, 11) is 3.34. The van der Waals surface area contributed by atoms with Crippen molar-refractivity contribution in [1.82, 2.24) is 16.0 Å². The number of amides is 1. The van der Waals surface area contributed by atoms with E-state index in [1.54, 1.807) is 32.4 Å². The quantitative estimate of drug-likeness (QED) is 0.395. The van der Waals surface area contributed by atoms with Crippen molar-refractivity contribution in [1.29, 1.82) is 0 Å². The molecule has 0 aliphatic carbocycles. The number of carbonyl (C=O) groups is 1. The van der Waals surface area contributed by atoms with Crippen molar-refractivity contribution in [2.24, 2.45) is 4.99 Å². The van der Waals surface area contributed by atoms with Gasteiger partial charge in [0.15, 0.2) is 5.96 Å². The number of benzene rings is 1. The lowest BCUT2D eigenvalue weighted by Gasteiger charge is -2.15. The highest BCUT2D eigenvalue weighted by atomic mass is 32.2. The van der Waals surface area contributed by atoms with Crippen molar-refractivity contribution >= 4 is 23.6 Å². The molecule has 0 aromatic heterocycles. The van der Waals surface area contributed by atoms with Crippen LogP contribution in [0.1, 0.15) is 23.2 Å². The fourth-order valence-electron chi connectivity index (χ4n) is 2.46. The zero-order valence-corrected chi connectivity index (χ0v) is 15.1. The molecule has 24 heavy (non-hydrogen) atoms. The number of aliphatic imine (C=N–C) groups is 1. The number of methoxy groups -OCH3 is 1. The lowest BCUT2D eigenvalue weighted by molar-refractivity contribution is 0.0954. The minimum absolute atomic E-state index is 0.110. The van der Waals surface area contributed by atoms with Gasteiger partial charge in [0.25, 0.3) is 5.91 Å². The lowest BCUT2D eigenvalue weighted by atomic mass is 10.2. The maximum absolute atomic E-state index is 12.1. The second kappa shape index (κ2) is 10.1. The topological polar surface area (TPSA) is 74.8 Å². The van der Waals surface area contributed by atoms with Gasteiger partial charge in [-0.2, -0.15) is 11.8 Å². The van der Waals surface area contributed by atoms with Gasteiger partial charge in [-0.15, -0.1) is 0 Å². The molecule has 1 amide bonds. The zero-order chi connectivity index (χ0) is 17.2. The highest BCUT2D eigenvalue weighted by Crippen LogP contribution is 2.25. The Morgan fingerprint density at radius 1 is 1.33 bits per heavy atom. The minimum atomic E-state index is -0.110. The highest BCUT2D eigenvalue weighted by Gasteiger charge is 2.15. The van der Waals surface area contributed by atoms with Crippen LogP contribution in [0.4, 0.5) is 0 Å². The molecular formula is C17H26N4O2S. The number of thioether (sulfide) groups is 1. The average molecular weight is 350 g/mol. The van der Waals surface area contributed by atoms with Gasteiger partial charge in [0.05, 0.1) is 7.11 Å². The van der Waals surface area contributed by atoms with E-state index < -0.39 is 0 Å². The summed E-state index contributed by atoms with van der Waals surface area (Å²) in [5, 5.41) is 10.1. The second-order valence-corrected chi connectivity index (χ2v) is 6.91. The van der Waals surface area contributed by atoms with E-state index in [0.717, 1.165) is 12.5 Å². The van der Waals surface area contributed by atoms with Crippen molar-refractivity contribution in [2.75, 3.05) is 39.5 Å². The predicted octanol–water partition coefficient (Wildman–Crippen LogP) is 1.49. The van der Waals surface area contributed by atoms with Crippen LogP contribution in [-0.4, -0.2) is 56.7 Å². The van der Waals surface area contributed by atoms with Crippen molar-refractivity contribution in [3.63, 3.8) is 0 Å². The van der Waals surface area contributed by atoms with Gasteiger partial charge in [-0.05, 0) is 36.8 Å². The fraction of sp³-hybridized carbons (Fsp3) is 0.529. The van der Waals surface area contributed by atoms with Gasteiger partial charge in [0.1, 0.15) is 5.75 Å². The molecule has 3 N–H and O–H groups in total. The third kappa shape index (κ3) is 5.96. The monoisotopic (exact) mass is 350 g/mol. The van der Waals surface area contributed by atoms with Gasteiger partial charge in [-0.1, -0.05) is 6.07 Å². The Morgan fingerprint density at radius 3 is 2.88 bits per heavy atom. The largest absolute Gasteiger partial charge is 0.497 e. The van der Waals surface area contributed by atoms with Crippen LogP contribution < -0.4 is 20.7 Å². The number of carbonyl (C=O) groups excluding carboxylic acids is 1. The molecule has 0 spiro atoms. The average Bonchev–Trinajstić information content (AvgIpc) is 3.14. The summed E-state index contributed by atoms with van der Waals surface area (Å²) in [6.07, 6.45) is 2.57. The molecule has 132 valence electrons. The van der Waals surface area contributed by atoms with E-state index in [9.17, 15) is 4.79 Å². The fourth-order valence-corrected chi connectivity index (χ4v) is 3.66. The third-order valence-electron chi connectivity index (χ3n) is 3.78.